The molecular weight excluding hydrogens is 273 g/mol. The lowest BCUT2D eigenvalue weighted by Gasteiger charge is -2.14. The molecule has 1 atom stereocenters. The molecule has 1 aromatic carbocycles. The van der Waals surface area contributed by atoms with Gasteiger partial charge < -0.3 is 15.4 Å². The van der Waals surface area contributed by atoms with E-state index in [1.807, 2.05) is 0 Å². The van der Waals surface area contributed by atoms with E-state index in [4.69, 9.17) is 4.74 Å². The first-order chi connectivity index (χ1) is 9.32. The Bertz CT molecular complexity index is 449. The van der Waals surface area contributed by atoms with Crippen LogP contribution in [0.25, 0.3) is 0 Å². The first kappa shape index (κ1) is 16.3. The number of anilines is 1. The molecule has 0 spiro atoms. The maximum Gasteiger partial charge on any atom is 0.416 e. The molecule has 0 radical (unpaired) electrons. The summed E-state index contributed by atoms with van der Waals surface area (Å²) in [4.78, 5) is 11.5. The van der Waals surface area contributed by atoms with Crippen molar-refractivity contribution in [2.45, 2.75) is 19.1 Å². The van der Waals surface area contributed by atoms with Gasteiger partial charge in [0.05, 0.1) is 18.7 Å². The topological polar surface area (TPSA) is 50.4 Å². The molecule has 1 amide bonds. The van der Waals surface area contributed by atoms with E-state index >= 15 is 0 Å². The van der Waals surface area contributed by atoms with E-state index in [1.54, 1.807) is 6.92 Å². The van der Waals surface area contributed by atoms with Crippen molar-refractivity contribution in [3.05, 3.63) is 29.8 Å². The predicted octanol–water partition coefficient (Wildman–Crippen LogP) is 2.27. The lowest BCUT2D eigenvalue weighted by atomic mass is 10.2. The minimum Gasteiger partial charge on any atom is -0.383 e. The van der Waals surface area contributed by atoms with Crippen LogP contribution in [0.4, 0.5) is 18.9 Å². The van der Waals surface area contributed by atoms with Crippen molar-refractivity contribution >= 4 is 11.6 Å². The van der Waals surface area contributed by atoms with E-state index in [9.17, 15) is 18.0 Å². The fourth-order valence-corrected chi connectivity index (χ4v) is 1.61. The van der Waals surface area contributed by atoms with Crippen molar-refractivity contribution in [3.8, 4) is 0 Å². The Kier molecular flexibility index (Phi) is 5.82. The summed E-state index contributed by atoms with van der Waals surface area (Å²) in [6.07, 6.45) is -4.40. The van der Waals surface area contributed by atoms with Crippen LogP contribution in [0.1, 0.15) is 12.5 Å². The lowest BCUT2D eigenvalue weighted by Crippen LogP contribution is -2.39. The smallest absolute Gasteiger partial charge is 0.383 e. The second-order valence-corrected chi connectivity index (χ2v) is 4.36. The third kappa shape index (κ3) is 5.48. The van der Waals surface area contributed by atoms with Crippen molar-refractivity contribution in [1.29, 1.82) is 0 Å². The number of carbonyl (C=O) groups is 1. The number of rotatable bonds is 6. The number of hydrogen-bond acceptors (Lipinski definition) is 3. The summed E-state index contributed by atoms with van der Waals surface area (Å²) in [5.41, 5.74) is -0.509. The third-order valence-corrected chi connectivity index (χ3v) is 2.47. The normalized spacial score (nSPS) is 12.8. The van der Waals surface area contributed by atoms with Gasteiger partial charge >= 0.3 is 6.18 Å². The van der Waals surface area contributed by atoms with Crippen LogP contribution in [0.5, 0.6) is 0 Å². The van der Waals surface area contributed by atoms with Gasteiger partial charge in [0.2, 0.25) is 5.91 Å². The summed E-state index contributed by atoms with van der Waals surface area (Å²) in [6.45, 7) is 2.04. The molecule has 2 N–H and O–H groups in total. The standard InChI is InChI=1S/C13H17F3N2O2/c1-9(8-20-2)18-12(19)7-17-11-5-3-4-10(6-11)13(14,15)16/h3-6,9,17H,7-8H2,1-2H3,(H,18,19). The Hall–Kier alpha value is -1.76. The van der Waals surface area contributed by atoms with E-state index in [1.165, 1.54) is 19.2 Å². The molecular formula is C13H17F3N2O2. The molecule has 0 aliphatic carbocycles. The van der Waals surface area contributed by atoms with Crippen LogP contribution in [0, 0.1) is 0 Å². The molecule has 0 aliphatic heterocycles. The monoisotopic (exact) mass is 290 g/mol. The maximum absolute atomic E-state index is 12.5. The summed E-state index contributed by atoms with van der Waals surface area (Å²) in [5.74, 6) is -0.313. The maximum atomic E-state index is 12.5. The molecule has 0 aromatic heterocycles. The van der Waals surface area contributed by atoms with Gasteiger partial charge in [0.15, 0.2) is 0 Å². The summed E-state index contributed by atoms with van der Waals surface area (Å²) in [7, 11) is 1.52. The number of amides is 1. The second kappa shape index (κ2) is 7.14. The Balaban J connectivity index is 2.52. The summed E-state index contributed by atoms with van der Waals surface area (Å²) >= 11 is 0. The zero-order valence-corrected chi connectivity index (χ0v) is 11.3. The molecule has 0 saturated carbocycles. The number of ether oxygens (including phenoxy) is 1. The second-order valence-electron chi connectivity index (χ2n) is 4.36. The van der Waals surface area contributed by atoms with Gasteiger partial charge in [-0.1, -0.05) is 6.07 Å². The lowest BCUT2D eigenvalue weighted by molar-refractivity contribution is -0.137. The predicted molar refractivity (Wildman–Crippen MR) is 69.4 cm³/mol. The number of methoxy groups -OCH3 is 1. The van der Waals surface area contributed by atoms with Crippen molar-refractivity contribution in [3.63, 3.8) is 0 Å². The molecule has 112 valence electrons. The van der Waals surface area contributed by atoms with Gasteiger partial charge in [0, 0.05) is 18.8 Å². The van der Waals surface area contributed by atoms with Crippen LogP contribution in [0.3, 0.4) is 0 Å². The fraction of sp³-hybridized carbons (Fsp3) is 0.462. The molecule has 0 fully saturated rings. The van der Waals surface area contributed by atoms with Gasteiger partial charge in [-0.2, -0.15) is 13.2 Å². The molecule has 7 heteroatoms. The van der Waals surface area contributed by atoms with Crippen molar-refractivity contribution < 1.29 is 22.7 Å². The highest BCUT2D eigenvalue weighted by atomic mass is 19.4. The number of halogens is 3. The summed E-state index contributed by atoms with van der Waals surface area (Å²) in [6, 6.07) is 4.55. The van der Waals surface area contributed by atoms with Crippen LogP contribution < -0.4 is 10.6 Å². The molecule has 1 aromatic rings. The molecule has 0 bridgehead atoms. The molecule has 0 heterocycles. The summed E-state index contributed by atoms with van der Waals surface area (Å²) < 4.78 is 42.4. The van der Waals surface area contributed by atoms with E-state index < -0.39 is 11.7 Å². The Morgan fingerprint density at radius 1 is 1.40 bits per heavy atom. The van der Waals surface area contributed by atoms with Crippen LogP contribution in [0.15, 0.2) is 24.3 Å². The largest absolute Gasteiger partial charge is 0.416 e. The van der Waals surface area contributed by atoms with E-state index in [0.717, 1.165) is 12.1 Å². The molecule has 0 saturated heterocycles. The van der Waals surface area contributed by atoms with E-state index in [-0.39, 0.29) is 24.2 Å². The number of hydrogen-bond donors (Lipinski definition) is 2. The number of alkyl halides is 3. The average Bonchev–Trinajstić information content (AvgIpc) is 2.36. The minimum atomic E-state index is -4.40. The van der Waals surface area contributed by atoms with Gasteiger partial charge in [0.1, 0.15) is 0 Å². The van der Waals surface area contributed by atoms with Gasteiger partial charge in [0.25, 0.3) is 0 Å². The van der Waals surface area contributed by atoms with Crippen LogP contribution in [-0.4, -0.2) is 32.2 Å². The highest BCUT2D eigenvalue weighted by molar-refractivity contribution is 5.80. The molecule has 0 aliphatic rings. The minimum absolute atomic E-state index is 0.102. The number of nitrogens with one attached hydrogen (secondary N) is 2. The SMILES string of the molecule is COCC(C)NC(=O)CNc1cccc(C(F)(F)F)c1. The zero-order chi connectivity index (χ0) is 15.2. The molecule has 4 nitrogen and oxygen atoms in total. The highest BCUT2D eigenvalue weighted by Crippen LogP contribution is 2.30. The first-order valence-electron chi connectivity index (χ1n) is 6.02. The van der Waals surface area contributed by atoms with Gasteiger partial charge in [-0.15, -0.1) is 0 Å². The average molecular weight is 290 g/mol. The van der Waals surface area contributed by atoms with Crippen molar-refractivity contribution in [2.24, 2.45) is 0 Å². The zero-order valence-electron chi connectivity index (χ0n) is 11.3. The highest BCUT2D eigenvalue weighted by Gasteiger charge is 2.30. The number of benzene rings is 1. The van der Waals surface area contributed by atoms with Gasteiger partial charge in [-0.25, -0.2) is 0 Å². The van der Waals surface area contributed by atoms with E-state index in [0.29, 0.717) is 6.61 Å². The van der Waals surface area contributed by atoms with Gasteiger partial charge in [-0.05, 0) is 25.1 Å². The molecule has 1 rings (SSSR count). The first-order valence-corrected chi connectivity index (χ1v) is 6.02. The fourth-order valence-electron chi connectivity index (χ4n) is 1.61. The molecule has 20 heavy (non-hydrogen) atoms. The Morgan fingerprint density at radius 3 is 2.70 bits per heavy atom. The van der Waals surface area contributed by atoms with Crippen LogP contribution in [0.2, 0.25) is 0 Å². The van der Waals surface area contributed by atoms with Crippen molar-refractivity contribution in [2.75, 3.05) is 25.6 Å². The Labute approximate surface area is 115 Å². The van der Waals surface area contributed by atoms with E-state index in [2.05, 4.69) is 10.6 Å². The Morgan fingerprint density at radius 2 is 2.10 bits per heavy atom. The molecule has 1 unspecified atom stereocenters. The quantitative estimate of drug-likeness (QED) is 0.845. The van der Waals surface area contributed by atoms with Crippen LogP contribution >= 0.6 is 0 Å². The van der Waals surface area contributed by atoms with Crippen molar-refractivity contribution in [1.82, 2.24) is 5.32 Å². The third-order valence-electron chi connectivity index (χ3n) is 2.47. The van der Waals surface area contributed by atoms with Crippen LogP contribution in [-0.2, 0) is 15.7 Å². The summed E-state index contributed by atoms with van der Waals surface area (Å²) in [5, 5.41) is 5.30. The number of carbonyl (C=O) groups excluding carboxylic acids is 1. The van der Waals surface area contributed by atoms with Gasteiger partial charge in [-0.3, -0.25) is 4.79 Å².